The fraction of sp³-hybridized carbons (Fsp3) is 0.312. The molecule has 1 aromatic carbocycles. The van der Waals surface area contributed by atoms with Crippen molar-refractivity contribution in [3.63, 3.8) is 0 Å². The zero-order valence-corrected chi connectivity index (χ0v) is 11.0. The zero-order chi connectivity index (χ0) is 13.2. The van der Waals surface area contributed by atoms with Gasteiger partial charge in [-0.3, -0.25) is 9.88 Å². The predicted octanol–water partition coefficient (Wildman–Crippen LogP) is 3.65. The van der Waals surface area contributed by atoms with E-state index in [1.165, 1.54) is 30.5 Å². The van der Waals surface area contributed by atoms with Crippen LogP contribution in [0.25, 0.3) is 11.3 Å². The standard InChI is InChI=1S/C16H17FN2/c1-19-10-2-3-16(19)13-6-9-15(18-11-13)12-4-7-14(17)8-5-12/h4-9,11,16H,2-3,10H2,1H3. The Kier molecular flexibility index (Phi) is 3.30. The Morgan fingerprint density at radius 2 is 1.95 bits per heavy atom. The van der Waals surface area contributed by atoms with Crippen molar-refractivity contribution in [1.82, 2.24) is 9.88 Å². The van der Waals surface area contributed by atoms with E-state index in [0.29, 0.717) is 6.04 Å². The molecule has 3 heteroatoms. The molecule has 0 bridgehead atoms. The quantitative estimate of drug-likeness (QED) is 0.815. The van der Waals surface area contributed by atoms with Crippen LogP contribution in [-0.4, -0.2) is 23.5 Å². The van der Waals surface area contributed by atoms with Crippen LogP contribution in [0.3, 0.4) is 0 Å². The number of hydrogen-bond acceptors (Lipinski definition) is 2. The molecule has 3 rings (SSSR count). The Labute approximate surface area is 112 Å². The molecule has 2 nitrogen and oxygen atoms in total. The highest BCUT2D eigenvalue weighted by Gasteiger charge is 2.22. The van der Waals surface area contributed by atoms with Crippen LogP contribution in [-0.2, 0) is 0 Å². The zero-order valence-electron chi connectivity index (χ0n) is 11.0. The topological polar surface area (TPSA) is 16.1 Å². The molecule has 1 fully saturated rings. The first kappa shape index (κ1) is 12.3. The average molecular weight is 256 g/mol. The lowest BCUT2D eigenvalue weighted by Gasteiger charge is -2.19. The Morgan fingerprint density at radius 1 is 1.16 bits per heavy atom. The second-order valence-electron chi connectivity index (χ2n) is 5.12. The summed E-state index contributed by atoms with van der Waals surface area (Å²) >= 11 is 0. The molecule has 0 saturated carbocycles. The van der Waals surface area contributed by atoms with E-state index >= 15 is 0 Å². The van der Waals surface area contributed by atoms with E-state index in [1.807, 2.05) is 12.3 Å². The summed E-state index contributed by atoms with van der Waals surface area (Å²) in [7, 11) is 2.16. The minimum absolute atomic E-state index is 0.215. The third-order valence-electron chi connectivity index (χ3n) is 3.83. The maximum absolute atomic E-state index is 12.9. The Bertz CT molecular complexity index is 548. The van der Waals surface area contributed by atoms with Gasteiger partial charge < -0.3 is 0 Å². The van der Waals surface area contributed by atoms with Gasteiger partial charge >= 0.3 is 0 Å². The average Bonchev–Trinajstić information content (AvgIpc) is 2.86. The van der Waals surface area contributed by atoms with Crippen LogP contribution >= 0.6 is 0 Å². The molecule has 1 aliphatic heterocycles. The molecule has 19 heavy (non-hydrogen) atoms. The lowest BCUT2D eigenvalue weighted by molar-refractivity contribution is 0.317. The monoisotopic (exact) mass is 256 g/mol. The molecule has 1 aromatic heterocycles. The van der Waals surface area contributed by atoms with Crippen LogP contribution in [0.4, 0.5) is 4.39 Å². The van der Waals surface area contributed by atoms with Crippen LogP contribution in [0.15, 0.2) is 42.6 Å². The number of benzene rings is 1. The van der Waals surface area contributed by atoms with Crippen LogP contribution < -0.4 is 0 Å². The lowest BCUT2D eigenvalue weighted by Crippen LogP contribution is -2.17. The van der Waals surface area contributed by atoms with E-state index < -0.39 is 0 Å². The third-order valence-corrected chi connectivity index (χ3v) is 3.83. The molecule has 2 aromatic rings. The van der Waals surface area contributed by atoms with Gasteiger partial charge in [-0.25, -0.2) is 4.39 Å². The van der Waals surface area contributed by atoms with Gasteiger partial charge in [0.05, 0.1) is 5.69 Å². The summed E-state index contributed by atoms with van der Waals surface area (Å²) in [6.07, 6.45) is 4.40. The molecule has 0 radical (unpaired) electrons. The summed E-state index contributed by atoms with van der Waals surface area (Å²) in [4.78, 5) is 6.88. The van der Waals surface area contributed by atoms with Gasteiger partial charge in [-0.1, -0.05) is 6.07 Å². The smallest absolute Gasteiger partial charge is 0.123 e. The number of likely N-dealkylation sites (tertiary alicyclic amines) is 1. The second kappa shape index (κ2) is 5.10. The summed E-state index contributed by atoms with van der Waals surface area (Å²) in [6.45, 7) is 1.16. The van der Waals surface area contributed by atoms with Crippen molar-refractivity contribution >= 4 is 0 Å². The number of aromatic nitrogens is 1. The molecule has 0 N–H and O–H groups in total. The van der Waals surface area contributed by atoms with Crippen molar-refractivity contribution in [1.29, 1.82) is 0 Å². The fourth-order valence-corrected chi connectivity index (χ4v) is 2.73. The molecule has 1 aliphatic rings. The minimum Gasteiger partial charge on any atom is -0.299 e. The van der Waals surface area contributed by atoms with E-state index in [1.54, 1.807) is 12.1 Å². The SMILES string of the molecule is CN1CCCC1c1ccc(-c2ccc(F)cc2)nc1. The summed E-state index contributed by atoms with van der Waals surface area (Å²) in [5.74, 6) is -0.215. The van der Waals surface area contributed by atoms with Crippen LogP contribution in [0.5, 0.6) is 0 Å². The molecule has 1 saturated heterocycles. The minimum atomic E-state index is -0.215. The van der Waals surface area contributed by atoms with E-state index in [-0.39, 0.29) is 5.82 Å². The van der Waals surface area contributed by atoms with E-state index in [2.05, 4.69) is 23.0 Å². The summed E-state index contributed by atoms with van der Waals surface area (Å²) in [6, 6.07) is 11.1. The van der Waals surface area contributed by atoms with Gasteiger partial charge in [0.25, 0.3) is 0 Å². The maximum atomic E-state index is 12.9. The number of hydrogen-bond donors (Lipinski definition) is 0. The van der Waals surface area contributed by atoms with Crippen molar-refractivity contribution in [3.05, 3.63) is 54.0 Å². The third kappa shape index (κ3) is 2.51. The molecular weight excluding hydrogens is 239 g/mol. The summed E-state index contributed by atoms with van der Waals surface area (Å²) in [5, 5.41) is 0. The van der Waals surface area contributed by atoms with Gasteiger partial charge in [-0.05, 0) is 62.3 Å². The summed E-state index contributed by atoms with van der Waals surface area (Å²) in [5.41, 5.74) is 3.11. The van der Waals surface area contributed by atoms with E-state index in [0.717, 1.165) is 17.8 Å². The van der Waals surface area contributed by atoms with Gasteiger partial charge in [0.1, 0.15) is 5.82 Å². The molecule has 0 aliphatic carbocycles. The van der Waals surface area contributed by atoms with Crippen LogP contribution in [0.1, 0.15) is 24.4 Å². The van der Waals surface area contributed by atoms with Crippen molar-refractivity contribution < 1.29 is 4.39 Å². The van der Waals surface area contributed by atoms with Crippen molar-refractivity contribution in [2.24, 2.45) is 0 Å². The number of halogens is 1. The molecule has 0 spiro atoms. The molecule has 98 valence electrons. The summed E-state index contributed by atoms with van der Waals surface area (Å²) < 4.78 is 12.9. The van der Waals surface area contributed by atoms with E-state index in [4.69, 9.17) is 0 Å². The highest BCUT2D eigenvalue weighted by molar-refractivity contribution is 5.58. The normalized spacial score (nSPS) is 19.8. The first-order chi connectivity index (χ1) is 9.24. The van der Waals surface area contributed by atoms with Gasteiger partial charge in [-0.15, -0.1) is 0 Å². The van der Waals surface area contributed by atoms with Crippen molar-refractivity contribution in [2.75, 3.05) is 13.6 Å². The first-order valence-corrected chi connectivity index (χ1v) is 6.66. The van der Waals surface area contributed by atoms with Gasteiger partial charge in [0.15, 0.2) is 0 Å². The second-order valence-corrected chi connectivity index (χ2v) is 5.12. The van der Waals surface area contributed by atoms with E-state index in [9.17, 15) is 4.39 Å². The van der Waals surface area contributed by atoms with Gasteiger partial charge in [-0.2, -0.15) is 0 Å². The Hall–Kier alpha value is -1.74. The lowest BCUT2D eigenvalue weighted by atomic mass is 10.1. The Balaban J connectivity index is 1.84. The first-order valence-electron chi connectivity index (χ1n) is 6.66. The van der Waals surface area contributed by atoms with Gasteiger partial charge in [0.2, 0.25) is 0 Å². The number of nitrogens with zero attached hydrogens (tertiary/aromatic N) is 2. The molecule has 2 heterocycles. The highest BCUT2D eigenvalue weighted by Crippen LogP contribution is 2.30. The van der Waals surface area contributed by atoms with Crippen LogP contribution in [0, 0.1) is 5.82 Å². The number of pyridine rings is 1. The largest absolute Gasteiger partial charge is 0.299 e. The molecule has 0 amide bonds. The molecule has 1 atom stereocenters. The molecular formula is C16H17FN2. The van der Waals surface area contributed by atoms with Gasteiger partial charge in [0, 0.05) is 17.8 Å². The molecule has 1 unspecified atom stereocenters. The highest BCUT2D eigenvalue weighted by atomic mass is 19.1. The van der Waals surface area contributed by atoms with Crippen LogP contribution in [0.2, 0.25) is 0 Å². The van der Waals surface area contributed by atoms with Crippen molar-refractivity contribution in [3.8, 4) is 11.3 Å². The van der Waals surface area contributed by atoms with Crippen molar-refractivity contribution in [2.45, 2.75) is 18.9 Å². The Morgan fingerprint density at radius 3 is 2.53 bits per heavy atom. The fourth-order valence-electron chi connectivity index (χ4n) is 2.73. The number of rotatable bonds is 2. The predicted molar refractivity (Wildman–Crippen MR) is 74.2 cm³/mol. The maximum Gasteiger partial charge on any atom is 0.123 e.